The Kier molecular flexibility index (Phi) is 3.87. The summed E-state index contributed by atoms with van der Waals surface area (Å²) in [5.74, 6) is 1.16. The lowest BCUT2D eigenvalue weighted by Crippen LogP contribution is -2.28. The summed E-state index contributed by atoms with van der Waals surface area (Å²) in [7, 11) is 0. The van der Waals surface area contributed by atoms with Gasteiger partial charge in [0.05, 0.1) is 18.4 Å². The molecule has 0 radical (unpaired) electrons. The van der Waals surface area contributed by atoms with E-state index in [1.165, 1.54) is 6.20 Å². The Hall–Kier alpha value is -2.34. The van der Waals surface area contributed by atoms with E-state index in [4.69, 9.17) is 8.94 Å². The van der Waals surface area contributed by atoms with Gasteiger partial charge in [0.2, 0.25) is 0 Å². The minimum Gasteiger partial charge on any atom is -0.469 e. The first-order valence-electron chi connectivity index (χ1n) is 6.52. The molecule has 108 valence electrons. The summed E-state index contributed by atoms with van der Waals surface area (Å²) in [6, 6.07) is 7.79. The number of hydrogen-bond donors (Lipinski definition) is 1. The molecule has 0 fully saturated rings. The van der Waals surface area contributed by atoms with Crippen LogP contribution in [0.1, 0.15) is 32.7 Å². The summed E-state index contributed by atoms with van der Waals surface area (Å²) in [6.07, 6.45) is 3.07. The molecule has 1 atom stereocenters. The van der Waals surface area contributed by atoms with Crippen LogP contribution < -0.4 is 5.32 Å². The van der Waals surface area contributed by atoms with Gasteiger partial charge in [-0.1, -0.05) is 11.2 Å². The van der Waals surface area contributed by atoms with E-state index in [0.29, 0.717) is 17.9 Å². The van der Waals surface area contributed by atoms with Gasteiger partial charge in [-0.2, -0.15) is 0 Å². The molecular formula is C15H14N2O3S. The number of aryl methyl sites for hydroxylation is 1. The van der Waals surface area contributed by atoms with Crippen molar-refractivity contribution in [2.75, 3.05) is 6.54 Å². The molecule has 3 heterocycles. The molecule has 21 heavy (non-hydrogen) atoms. The number of carbonyl (C=O) groups is 1. The van der Waals surface area contributed by atoms with E-state index in [0.717, 1.165) is 10.6 Å². The Labute approximate surface area is 125 Å². The molecule has 0 saturated heterocycles. The fourth-order valence-corrected chi connectivity index (χ4v) is 2.96. The number of carbonyl (C=O) groups excluding carboxylic acids is 1. The van der Waals surface area contributed by atoms with Gasteiger partial charge < -0.3 is 14.3 Å². The van der Waals surface area contributed by atoms with Gasteiger partial charge in [0, 0.05) is 11.4 Å². The lowest BCUT2D eigenvalue weighted by molar-refractivity contribution is 0.0950. The maximum atomic E-state index is 12.1. The standard InChI is InChI=1S/C15H14N2O3S/c1-10-11(9-17-20-10)15(18)16-8-12(13-4-2-6-19-13)14-5-3-7-21-14/h2-7,9,12H,8H2,1H3,(H,16,18)/t12-/m1/s1. The number of hydrogen-bond acceptors (Lipinski definition) is 5. The van der Waals surface area contributed by atoms with E-state index in [1.54, 1.807) is 24.5 Å². The quantitative estimate of drug-likeness (QED) is 0.786. The Morgan fingerprint density at radius 3 is 2.95 bits per heavy atom. The van der Waals surface area contributed by atoms with Crippen molar-refractivity contribution in [2.24, 2.45) is 0 Å². The maximum absolute atomic E-state index is 12.1. The van der Waals surface area contributed by atoms with Gasteiger partial charge in [-0.3, -0.25) is 4.79 Å². The van der Waals surface area contributed by atoms with Crippen LogP contribution in [0.25, 0.3) is 0 Å². The van der Waals surface area contributed by atoms with Crippen molar-refractivity contribution in [2.45, 2.75) is 12.8 Å². The number of thiophene rings is 1. The summed E-state index contributed by atoms with van der Waals surface area (Å²) in [6.45, 7) is 2.17. The summed E-state index contributed by atoms with van der Waals surface area (Å²) >= 11 is 1.64. The number of nitrogens with one attached hydrogen (secondary N) is 1. The third-order valence-electron chi connectivity index (χ3n) is 3.24. The minimum atomic E-state index is -0.193. The fourth-order valence-electron chi connectivity index (χ4n) is 2.13. The largest absolute Gasteiger partial charge is 0.469 e. The summed E-state index contributed by atoms with van der Waals surface area (Å²) < 4.78 is 10.4. The number of furan rings is 1. The lowest BCUT2D eigenvalue weighted by atomic mass is 10.0. The van der Waals surface area contributed by atoms with Crippen LogP contribution in [0.4, 0.5) is 0 Å². The second-order valence-electron chi connectivity index (χ2n) is 4.59. The molecule has 0 aliphatic heterocycles. The second kappa shape index (κ2) is 5.97. The van der Waals surface area contributed by atoms with Gasteiger partial charge >= 0.3 is 0 Å². The monoisotopic (exact) mass is 302 g/mol. The van der Waals surface area contributed by atoms with E-state index in [1.807, 2.05) is 29.6 Å². The minimum absolute atomic E-state index is 0.00381. The van der Waals surface area contributed by atoms with Gasteiger partial charge in [0.15, 0.2) is 0 Å². The van der Waals surface area contributed by atoms with Crippen molar-refractivity contribution < 1.29 is 13.7 Å². The molecule has 0 unspecified atom stereocenters. The van der Waals surface area contributed by atoms with E-state index in [2.05, 4.69) is 10.5 Å². The van der Waals surface area contributed by atoms with Gasteiger partial charge in [-0.15, -0.1) is 11.3 Å². The van der Waals surface area contributed by atoms with Crippen LogP contribution in [0.3, 0.4) is 0 Å². The molecule has 6 heteroatoms. The van der Waals surface area contributed by atoms with Crippen LogP contribution in [0.15, 0.2) is 51.0 Å². The molecule has 1 N–H and O–H groups in total. The average Bonchev–Trinajstić information content (AvgIpc) is 3.21. The second-order valence-corrected chi connectivity index (χ2v) is 5.57. The zero-order chi connectivity index (χ0) is 14.7. The molecule has 1 amide bonds. The highest BCUT2D eigenvalue weighted by molar-refractivity contribution is 7.10. The first-order valence-corrected chi connectivity index (χ1v) is 7.40. The zero-order valence-corrected chi connectivity index (χ0v) is 12.2. The smallest absolute Gasteiger partial charge is 0.256 e. The predicted molar refractivity (Wildman–Crippen MR) is 78.4 cm³/mol. The molecule has 0 saturated carbocycles. The normalized spacial score (nSPS) is 12.2. The van der Waals surface area contributed by atoms with Crippen LogP contribution in [-0.2, 0) is 0 Å². The SMILES string of the molecule is Cc1oncc1C(=O)NC[C@H](c1ccco1)c1cccs1. The molecule has 0 bridgehead atoms. The molecule has 5 nitrogen and oxygen atoms in total. The molecule has 3 rings (SSSR count). The number of rotatable bonds is 5. The zero-order valence-electron chi connectivity index (χ0n) is 11.4. The molecular weight excluding hydrogens is 288 g/mol. The highest BCUT2D eigenvalue weighted by atomic mass is 32.1. The van der Waals surface area contributed by atoms with Crippen LogP contribution in [0.5, 0.6) is 0 Å². The van der Waals surface area contributed by atoms with Gasteiger partial charge in [0.1, 0.15) is 17.1 Å². The third-order valence-corrected chi connectivity index (χ3v) is 4.22. The van der Waals surface area contributed by atoms with Crippen LogP contribution >= 0.6 is 11.3 Å². The number of amides is 1. The van der Waals surface area contributed by atoms with E-state index in [-0.39, 0.29) is 11.8 Å². The Morgan fingerprint density at radius 2 is 2.33 bits per heavy atom. The van der Waals surface area contributed by atoms with E-state index >= 15 is 0 Å². The Morgan fingerprint density at radius 1 is 1.43 bits per heavy atom. The van der Waals surface area contributed by atoms with Crippen LogP contribution in [0.2, 0.25) is 0 Å². The molecule has 0 aliphatic rings. The Balaban J connectivity index is 1.74. The lowest BCUT2D eigenvalue weighted by Gasteiger charge is -2.13. The summed E-state index contributed by atoms with van der Waals surface area (Å²) in [4.78, 5) is 13.3. The highest BCUT2D eigenvalue weighted by Crippen LogP contribution is 2.28. The maximum Gasteiger partial charge on any atom is 0.256 e. The van der Waals surface area contributed by atoms with Crippen molar-refractivity contribution in [1.29, 1.82) is 0 Å². The Bertz CT molecular complexity index is 667. The molecule has 0 aliphatic carbocycles. The fraction of sp³-hybridized carbons (Fsp3) is 0.200. The highest BCUT2D eigenvalue weighted by Gasteiger charge is 2.20. The van der Waals surface area contributed by atoms with E-state index in [9.17, 15) is 4.79 Å². The predicted octanol–water partition coefficient (Wildman–Crippen LogP) is 3.20. The van der Waals surface area contributed by atoms with Crippen molar-refractivity contribution in [3.05, 3.63) is 64.1 Å². The van der Waals surface area contributed by atoms with Gasteiger partial charge in [-0.05, 0) is 30.5 Å². The van der Waals surface area contributed by atoms with Crippen molar-refractivity contribution in [3.63, 3.8) is 0 Å². The molecule has 3 aromatic rings. The summed E-state index contributed by atoms with van der Waals surface area (Å²) in [5.41, 5.74) is 0.458. The van der Waals surface area contributed by atoms with Crippen molar-refractivity contribution in [3.8, 4) is 0 Å². The van der Waals surface area contributed by atoms with Crippen molar-refractivity contribution >= 4 is 17.2 Å². The van der Waals surface area contributed by atoms with Gasteiger partial charge in [0.25, 0.3) is 5.91 Å². The van der Waals surface area contributed by atoms with Crippen molar-refractivity contribution in [1.82, 2.24) is 10.5 Å². The average molecular weight is 302 g/mol. The van der Waals surface area contributed by atoms with E-state index < -0.39 is 0 Å². The number of nitrogens with zero attached hydrogens (tertiary/aromatic N) is 1. The van der Waals surface area contributed by atoms with Gasteiger partial charge in [-0.25, -0.2) is 0 Å². The topological polar surface area (TPSA) is 68.3 Å². The molecule has 0 spiro atoms. The first kappa shape index (κ1) is 13.6. The third kappa shape index (κ3) is 2.90. The molecule has 3 aromatic heterocycles. The summed E-state index contributed by atoms with van der Waals surface area (Å²) in [5, 5.41) is 8.54. The van der Waals surface area contributed by atoms with Crippen LogP contribution in [0, 0.1) is 6.92 Å². The molecule has 0 aromatic carbocycles. The number of aromatic nitrogens is 1. The first-order chi connectivity index (χ1) is 10.3. The van der Waals surface area contributed by atoms with Crippen LogP contribution in [-0.4, -0.2) is 17.6 Å².